The first-order valence-corrected chi connectivity index (χ1v) is 4.53. The first-order chi connectivity index (χ1) is 5.20. The molecule has 1 N–H and O–H groups in total. The quantitative estimate of drug-likeness (QED) is 0.632. The highest BCUT2D eigenvalue weighted by Crippen LogP contribution is 1.98. The van der Waals surface area contributed by atoms with Crippen LogP contribution in [0, 0.1) is 5.92 Å². The van der Waals surface area contributed by atoms with Gasteiger partial charge in [-0.25, -0.2) is 0 Å². The van der Waals surface area contributed by atoms with Gasteiger partial charge in [-0.3, -0.25) is 0 Å². The van der Waals surface area contributed by atoms with Crippen LogP contribution in [-0.2, 0) is 0 Å². The summed E-state index contributed by atoms with van der Waals surface area (Å²) < 4.78 is 0. The molecule has 2 heteroatoms. The maximum Gasteiger partial charge on any atom is 0.0443 e. The molecule has 0 radical (unpaired) electrons. The van der Waals surface area contributed by atoms with Gasteiger partial charge in [-0.05, 0) is 18.9 Å². The largest absolute Gasteiger partial charge is 0.396 e. The lowest BCUT2D eigenvalue weighted by molar-refractivity contribution is 0.215. The monoisotopic (exact) mass is 159 g/mol. The van der Waals surface area contributed by atoms with Crippen molar-refractivity contribution in [3.8, 4) is 0 Å². The van der Waals surface area contributed by atoms with Gasteiger partial charge in [0, 0.05) is 19.7 Å². The molecule has 68 valence electrons. The third-order valence-corrected chi connectivity index (χ3v) is 1.70. The first-order valence-electron chi connectivity index (χ1n) is 4.53. The van der Waals surface area contributed by atoms with E-state index in [1.165, 1.54) is 0 Å². The van der Waals surface area contributed by atoms with Gasteiger partial charge in [0.15, 0.2) is 0 Å². The van der Waals surface area contributed by atoms with Gasteiger partial charge in [-0.2, -0.15) is 0 Å². The fourth-order valence-electron chi connectivity index (χ4n) is 1.19. The van der Waals surface area contributed by atoms with Gasteiger partial charge in [0.1, 0.15) is 0 Å². The molecule has 0 amide bonds. The fourth-order valence-corrected chi connectivity index (χ4v) is 1.19. The van der Waals surface area contributed by atoms with Crippen LogP contribution < -0.4 is 0 Å². The van der Waals surface area contributed by atoms with Crippen LogP contribution in [0.5, 0.6) is 0 Å². The van der Waals surface area contributed by atoms with Gasteiger partial charge in [0.05, 0.1) is 0 Å². The Morgan fingerprint density at radius 3 is 2.36 bits per heavy atom. The zero-order valence-electron chi connectivity index (χ0n) is 8.01. The number of rotatable bonds is 6. The van der Waals surface area contributed by atoms with Crippen LogP contribution in [0.4, 0.5) is 0 Å². The van der Waals surface area contributed by atoms with E-state index >= 15 is 0 Å². The molecule has 0 aliphatic carbocycles. The molecule has 0 aliphatic heterocycles. The summed E-state index contributed by atoms with van der Waals surface area (Å²) >= 11 is 0. The van der Waals surface area contributed by atoms with E-state index < -0.39 is 0 Å². The summed E-state index contributed by atoms with van der Waals surface area (Å²) in [5, 5.41) is 8.62. The lowest BCUT2D eigenvalue weighted by atomic mass is 10.2. The predicted molar refractivity (Wildman–Crippen MR) is 48.7 cm³/mol. The highest BCUT2D eigenvalue weighted by Gasteiger charge is 2.03. The molecule has 0 aromatic rings. The summed E-state index contributed by atoms with van der Waals surface area (Å²) in [5.74, 6) is 0.730. The van der Waals surface area contributed by atoms with Crippen molar-refractivity contribution in [2.24, 2.45) is 5.92 Å². The van der Waals surface area contributed by atoms with E-state index in [2.05, 4.69) is 25.7 Å². The summed E-state index contributed by atoms with van der Waals surface area (Å²) in [6.07, 6.45) is 0.903. The maximum absolute atomic E-state index is 8.62. The van der Waals surface area contributed by atoms with Crippen molar-refractivity contribution in [3.05, 3.63) is 0 Å². The fraction of sp³-hybridized carbons (Fsp3) is 1.00. The Balaban J connectivity index is 3.41. The smallest absolute Gasteiger partial charge is 0.0443 e. The molecular formula is C9H21NO. The predicted octanol–water partition coefficient (Wildman–Crippen LogP) is 1.35. The third-order valence-electron chi connectivity index (χ3n) is 1.70. The van der Waals surface area contributed by atoms with Crippen molar-refractivity contribution in [1.29, 1.82) is 0 Å². The molecule has 0 aromatic heterocycles. The molecule has 0 fully saturated rings. The van der Waals surface area contributed by atoms with Crippen molar-refractivity contribution >= 4 is 0 Å². The first kappa shape index (κ1) is 10.9. The average Bonchev–Trinajstić information content (AvgIpc) is 1.97. The summed E-state index contributed by atoms with van der Waals surface area (Å²) in [4.78, 5) is 2.38. The summed E-state index contributed by atoms with van der Waals surface area (Å²) in [5.41, 5.74) is 0. The van der Waals surface area contributed by atoms with Crippen LogP contribution >= 0.6 is 0 Å². The minimum absolute atomic E-state index is 0.314. The van der Waals surface area contributed by atoms with Crippen LogP contribution in [0.3, 0.4) is 0 Å². The highest BCUT2D eigenvalue weighted by molar-refractivity contribution is 4.57. The Kier molecular flexibility index (Phi) is 6.57. The van der Waals surface area contributed by atoms with E-state index in [4.69, 9.17) is 5.11 Å². The number of hydrogen-bond donors (Lipinski definition) is 1. The molecule has 0 bridgehead atoms. The van der Waals surface area contributed by atoms with Gasteiger partial charge in [0.25, 0.3) is 0 Å². The average molecular weight is 159 g/mol. The molecule has 0 aromatic carbocycles. The maximum atomic E-state index is 8.62. The zero-order valence-corrected chi connectivity index (χ0v) is 8.01. The number of aliphatic hydroxyl groups excluding tert-OH is 1. The summed E-state index contributed by atoms with van der Waals surface area (Å²) in [6.45, 7) is 10.2. The van der Waals surface area contributed by atoms with E-state index in [-0.39, 0.29) is 0 Å². The SMILES string of the molecule is CCN(CCCO)CC(C)C. The van der Waals surface area contributed by atoms with Gasteiger partial charge < -0.3 is 10.0 Å². The molecular weight excluding hydrogens is 138 g/mol. The molecule has 0 saturated heterocycles. The van der Waals surface area contributed by atoms with Crippen molar-refractivity contribution in [2.75, 3.05) is 26.2 Å². The van der Waals surface area contributed by atoms with Gasteiger partial charge in [-0.1, -0.05) is 20.8 Å². The van der Waals surface area contributed by atoms with E-state index in [0.717, 1.165) is 32.0 Å². The molecule has 0 aliphatic rings. The van der Waals surface area contributed by atoms with Crippen LogP contribution in [0.15, 0.2) is 0 Å². The van der Waals surface area contributed by atoms with E-state index in [0.29, 0.717) is 6.61 Å². The van der Waals surface area contributed by atoms with Crippen LogP contribution in [-0.4, -0.2) is 36.2 Å². The second kappa shape index (κ2) is 6.62. The minimum atomic E-state index is 0.314. The second-order valence-electron chi connectivity index (χ2n) is 3.36. The lowest BCUT2D eigenvalue weighted by Gasteiger charge is -2.21. The van der Waals surface area contributed by atoms with E-state index in [9.17, 15) is 0 Å². The summed E-state index contributed by atoms with van der Waals surface area (Å²) in [6, 6.07) is 0. The van der Waals surface area contributed by atoms with Gasteiger partial charge >= 0.3 is 0 Å². The molecule has 0 rings (SSSR count). The topological polar surface area (TPSA) is 23.5 Å². The van der Waals surface area contributed by atoms with Gasteiger partial charge in [0.2, 0.25) is 0 Å². The Hall–Kier alpha value is -0.0800. The van der Waals surface area contributed by atoms with Crippen LogP contribution in [0.1, 0.15) is 27.2 Å². The Bertz CT molecular complexity index is 83.6. The molecule has 0 spiro atoms. The Labute approximate surface area is 70.2 Å². The third kappa shape index (κ3) is 6.32. The molecule has 0 atom stereocenters. The Morgan fingerprint density at radius 2 is 2.00 bits per heavy atom. The van der Waals surface area contributed by atoms with Gasteiger partial charge in [-0.15, -0.1) is 0 Å². The van der Waals surface area contributed by atoms with Crippen LogP contribution in [0.2, 0.25) is 0 Å². The molecule has 2 nitrogen and oxygen atoms in total. The molecule has 11 heavy (non-hydrogen) atoms. The van der Waals surface area contributed by atoms with Crippen molar-refractivity contribution in [1.82, 2.24) is 4.90 Å². The number of aliphatic hydroxyl groups is 1. The minimum Gasteiger partial charge on any atom is -0.396 e. The number of hydrogen-bond acceptors (Lipinski definition) is 2. The Morgan fingerprint density at radius 1 is 1.36 bits per heavy atom. The van der Waals surface area contributed by atoms with Crippen LogP contribution in [0.25, 0.3) is 0 Å². The molecule has 0 heterocycles. The zero-order chi connectivity index (χ0) is 8.69. The van der Waals surface area contributed by atoms with Crippen molar-refractivity contribution in [3.63, 3.8) is 0 Å². The van der Waals surface area contributed by atoms with Crippen molar-refractivity contribution in [2.45, 2.75) is 27.2 Å². The normalized spacial score (nSPS) is 11.5. The lowest BCUT2D eigenvalue weighted by Crippen LogP contribution is -2.29. The molecule has 0 unspecified atom stereocenters. The molecule has 0 saturated carbocycles. The highest BCUT2D eigenvalue weighted by atomic mass is 16.3. The second-order valence-corrected chi connectivity index (χ2v) is 3.36. The summed E-state index contributed by atoms with van der Waals surface area (Å²) in [7, 11) is 0. The standard InChI is InChI=1S/C9H21NO/c1-4-10(6-5-7-11)8-9(2)3/h9,11H,4-8H2,1-3H3. The van der Waals surface area contributed by atoms with E-state index in [1.54, 1.807) is 0 Å². The van der Waals surface area contributed by atoms with Crippen molar-refractivity contribution < 1.29 is 5.11 Å². The van der Waals surface area contributed by atoms with E-state index in [1.807, 2.05) is 0 Å². The number of nitrogens with zero attached hydrogens (tertiary/aromatic N) is 1.